The number of aliphatic hydroxyl groups excluding tert-OH is 2. The van der Waals surface area contributed by atoms with Crippen molar-refractivity contribution in [3.05, 3.63) is 33.1 Å². The van der Waals surface area contributed by atoms with Crippen molar-refractivity contribution >= 4 is 19.7 Å². The van der Waals surface area contributed by atoms with Crippen LogP contribution in [-0.2, 0) is 32.9 Å². The van der Waals surface area contributed by atoms with Gasteiger partial charge in [-0.1, -0.05) is 0 Å². The van der Waals surface area contributed by atoms with E-state index in [4.69, 9.17) is 15.1 Å². The first-order chi connectivity index (χ1) is 15.9. The molecule has 16 nitrogen and oxygen atoms in total. The molecule has 34 heavy (non-hydrogen) atoms. The van der Waals surface area contributed by atoms with Gasteiger partial charge in [-0.05, 0) is 0 Å². The van der Waals surface area contributed by atoms with Gasteiger partial charge in [-0.15, -0.1) is 0 Å². The summed E-state index contributed by atoms with van der Waals surface area (Å²) in [7, 11) is -1.57. The van der Waals surface area contributed by atoms with Gasteiger partial charge in [0.05, 0.1) is 33.7 Å². The average Bonchev–Trinajstić information content (AvgIpc) is 3.05. The molecule has 0 saturated carbocycles. The summed E-state index contributed by atoms with van der Waals surface area (Å²) in [4.78, 5) is 54.6. The van der Waals surface area contributed by atoms with Crippen molar-refractivity contribution in [1.82, 2.24) is 14.9 Å². The SMILES string of the molecule is COC(=O)CCNCCC(=O)OC.NP(=O)(O)OC[C@H]1O[C@@H](n2ccc(=O)[nH]c2=O)[C@H](O)[C@@H]1O. The van der Waals surface area contributed by atoms with Gasteiger partial charge in [0, 0.05) is 25.4 Å². The van der Waals surface area contributed by atoms with Crippen LogP contribution in [0.1, 0.15) is 19.1 Å². The molecule has 1 aliphatic rings. The third-order valence-corrected chi connectivity index (χ3v) is 4.87. The zero-order valence-electron chi connectivity index (χ0n) is 18.5. The quantitative estimate of drug-likeness (QED) is 0.104. The van der Waals surface area contributed by atoms with Crippen molar-refractivity contribution in [2.75, 3.05) is 33.9 Å². The van der Waals surface area contributed by atoms with E-state index in [1.54, 1.807) is 0 Å². The fraction of sp³-hybridized carbons (Fsp3) is 0.647. The Hall–Kier alpha value is -2.43. The Bertz CT molecular complexity index is 942. The molecular weight excluding hydrogens is 483 g/mol. The Labute approximate surface area is 193 Å². The summed E-state index contributed by atoms with van der Waals surface area (Å²) in [5.74, 6) is -0.517. The molecule has 1 aromatic rings. The Kier molecular flexibility index (Phi) is 12.3. The number of methoxy groups -OCH3 is 2. The molecule has 194 valence electrons. The Morgan fingerprint density at radius 3 is 2.21 bits per heavy atom. The third-order valence-electron chi connectivity index (χ3n) is 4.35. The van der Waals surface area contributed by atoms with Crippen molar-refractivity contribution in [2.45, 2.75) is 37.4 Å². The number of H-pyrrole nitrogens is 1. The normalized spacial score (nSPS) is 23.4. The largest absolute Gasteiger partial charge is 0.469 e. The van der Waals surface area contributed by atoms with Gasteiger partial charge in [0.1, 0.15) is 18.3 Å². The van der Waals surface area contributed by atoms with E-state index >= 15 is 0 Å². The second-order valence-corrected chi connectivity index (χ2v) is 8.21. The molecule has 0 amide bonds. The van der Waals surface area contributed by atoms with E-state index in [9.17, 15) is 34.0 Å². The molecule has 0 aromatic carbocycles. The van der Waals surface area contributed by atoms with Gasteiger partial charge in [0.15, 0.2) is 6.23 Å². The lowest BCUT2D eigenvalue weighted by atomic mass is 10.1. The molecule has 1 saturated heterocycles. The van der Waals surface area contributed by atoms with Gasteiger partial charge >= 0.3 is 25.4 Å². The highest BCUT2D eigenvalue weighted by molar-refractivity contribution is 7.50. The lowest BCUT2D eigenvalue weighted by Crippen LogP contribution is -2.37. The highest BCUT2D eigenvalue weighted by Crippen LogP contribution is 2.35. The molecule has 1 unspecified atom stereocenters. The Morgan fingerprint density at radius 2 is 1.74 bits per heavy atom. The zero-order chi connectivity index (χ0) is 25.9. The maximum absolute atomic E-state index is 11.6. The van der Waals surface area contributed by atoms with Crippen LogP contribution in [0.15, 0.2) is 21.9 Å². The number of carbonyl (C=O) groups is 2. The van der Waals surface area contributed by atoms with Crippen LogP contribution >= 0.6 is 7.75 Å². The summed E-state index contributed by atoms with van der Waals surface area (Å²) in [5, 5.41) is 22.6. The number of aromatic nitrogens is 2. The van der Waals surface area contributed by atoms with Crippen molar-refractivity contribution in [2.24, 2.45) is 5.50 Å². The topological polar surface area (TPSA) is 242 Å². The highest BCUT2D eigenvalue weighted by atomic mass is 31.2. The van der Waals surface area contributed by atoms with E-state index in [1.807, 2.05) is 4.98 Å². The number of hydrogen-bond donors (Lipinski definition) is 6. The van der Waals surface area contributed by atoms with Crippen LogP contribution in [0.5, 0.6) is 0 Å². The van der Waals surface area contributed by atoms with Crippen molar-refractivity contribution < 1.29 is 48.0 Å². The molecular formula is C17H29N4O12P. The summed E-state index contributed by atoms with van der Waals surface area (Å²) in [6, 6.07) is 1.04. The van der Waals surface area contributed by atoms with Crippen molar-refractivity contribution in [1.29, 1.82) is 0 Å². The van der Waals surface area contributed by atoms with Crippen LogP contribution in [0.3, 0.4) is 0 Å². The van der Waals surface area contributed by atoms with Gasteiger partial charge in [-0.2, -0.15) is 0 Å². The Balaban J connectivity index is 0.000000385. The number of nitrogens with one attached hydrogen (secondary N) is 2. The number of hydrogen-bond acceptors (Lipinski definition) is 12. The first kappa shape index (κ1) is 29.6. The van der Waals surface area contributed by atoms with Gasteiger partial charge in [-0.3, -0.25) is 28.5 Å². The van der Waals surface area contributed by atoms with Crippen LogP contribution in [0.2, 0.25) is 0 Å². The number of aliphatic hydroxyl groups is 2. The number of nitrogens with zero attached hydrogens (tertiary/aromatic N) is 1. The molecule has 1 aromatic heterocycles. The minimum atomic E-state index is -4.26. The molecule has 7 N–H and O–H groups in total. The van der Waals surface area contributed by atoms with Gasteiger partial charge in [-0.25, -0.2) is 14.9 Å². The summed E-state index contributed by atoms with van der Waals surface area (Å²) >= 11 is 0. The standard InChI is InChI=1S/C9H14N3O8P.C8H15NO4/c10-21(17,18)19-3-4-6(14)7(15)8(20-4)12-2-1-5(13)11-9(12)16;1-12-7(10)3-5-9-6-4-8(11)13-2/h1-2,4,6-8,14-15H,3H2,(H3,10,17,18)(H,11,13,16);9H,3-6H2,1-2H3/t4-,6-,7-,8-;/m1./s1. The van der Waals surface area contributed by atoms with Gasteiger partial charge in [0.2, 0.25) is 0 Å². The molecule has 5 atom stereocenters. The van der Waals surface area contributed by atoms with E-state index in [-0.39, 0.29) is 11.9 Å². The first-order valence-electron chi connectivity index (χ1n) is 9.83. The molecule has 17 heteroatoms. The van der Waals surface area contributed by atoms with Gasteiger partial charge < -0.3 is 34.6 Å². The van der Waals surface area contributed by atoms with E-state index in [1.165, 1.54) is 14.2 Å². The Morgan fingerprint density at radius 1 is 1.18 bits per heavy atom. The lowest BCUT2D eigenvalue weighted by Gasteiger charge is -2.16. The van der Waals surface area contributed by atoms with Gasteiger partial charge in [0.25, 0.3) is 5.56 Å². The lowest BCUT2D eigenvalue weighted by molar-refractivity contribution is -0.140. The van der Waals surface area contributed by atoms with Crippen LogP contribution in [0.4, 0.5) is 0 Å². The number of carbonyl (C=O) groups excluding carboxylic acids is 2. The van der Waals surface area contributed by atoms with E-state index < -0.39 is 50.1 Å². The van der Waals surface area contributed by atoms with E-state index in [0.29, 0.717) is 25.9 Å². The fourth-order valence-corrected chi connectivity index (χ4v) is 2.98. The molecule has 2 rings (SSSR count). The number of aromatic amines is 1. The fourth-order valence-electron chi connectivity index (χ4n) is 2.61. The minimum absolute atomic E-state index is 0.259. The second-order valence-electron chi connectivity index (χ2n) is 6.83. The van der Waals surface area contributed by atoms with Crippen LogP contribution in [0.25, 0.3) is 0 Å². The predicted octanol–water partition coefficient (Wildman–Crippen LogP) is -3.07. The van der Waals surface area contributed by atoms with E-state index in [0.717, 1.165) is 16.8 Å². The number of ether oxygens (including phenoxy) is 3. The number of rotatable bonds is 10. The summed E-state index contributed by atoms with van der Waals surface area (Å²) in [5.41, 5.74) is 3.30. The molecule has 0 bridgehead atoms. The second kappa shape index (κ2) is 14.1. The summed E-state index contributed by atoms with van der Waals surface area (Å²) < 4.78 is 30.2. The van der Waals surface area contributed by atoms with Crippen LogP contribution in [-0.4, -0.2) is 88.8 Å². The zero-order valence-corrected chi connectivity index (χ0v) is 19.4. The molecule has 1 aliphatic heterocycles. The maximum atomic E-state index is 11.6. The monoisotopic (exact) mass is 512 g/mol. The number of nitrogens with two attached hydrogens (primary N) is 1. The molecule has 0 spiro atoms. The highest BCUT2D eigenvalue weighted by Gasteiger charge is 2.44. The van der Waals surface area contributed by atoms with Crippen molar-refractivity contribution in [3.63, 3.8) is 0 Å². The van der Waals surface area contributed by atoms with Crippen molar-refractivity contribution in [3.8, 4) is 0 Å². The first-order valence-corrected chi connectivity index (χ1v) is 11.5. The van der Waals surface area contributed by atoms with E-state index in [2.05, 4.69) is 19.3 Å². The third kappa shape index (κ3) is 10.2. The minimum Gasteiger partial charge on any atom is -0.469 e. The predicted molar refractivity (Wildman–Crippen MR) is 113 cm³/mol. The molecule has 0 radical (unpaired) electrons. The summed E-state index contributed by atoms with van der Waals surface area (Å²) in [6.45, 7) is 0.477. The smallest absolute Gasteiger partial charge is 0.400 e. The average molecular weight is 512 g/mol. The molecule has 2 heterocycles. The van der Waals surface area contributed by atoms with Crippen LogP contribution < -0.4 is 22.1 Å². The maximum Gasteiger partial charge on any atom is 0.400 e. The molecule has 0 aliphatic carbocycles. The van der Waals surface area contributed by atoms with Crippen LogP contribution in [0, 0.1) is 0 Å². The number of esters is 2. The summed E-state index contributed by atoms with van der Waals surface area (Å²) in [6.07, 6.45) is -3.71. The molecule has 1 fully saturated rings.